The van der Waals surface area contributed by atoms with E-state index in [0.717, 1.165) is 4.90 Å². The number of hydrogen-bond acceptors (Lipinski definition) is 3. The minimum absolute atomic E-state index is 0.168. The Morgan fingerprint density at radius 3 is 2.69 bits per heavy atom. The Morgan fingerprint density at radius 2 is 2.08 bits per heavy atom. The van der Waals surface area contributed by atoms with Crippen molar-refractivity contribution in [2.45, 2.75) is 17.9 Å². The summed E-state index contributed by atoms with van der Waals surface area (Å²) in [6.07, 6.45) is -0.621. The average molecular weight is 198 g/mol. The molecule has 2 N–H and O–H groups in total. The Labute approximate surface area is 82.6 Å². The van der Waals surface area contributed by atoms with Crippen LogP contribution in [0.4, 0.5) is 0 Å². The molecule has 0 aliphatic rings. The van der Waals surface area contributed by atoms with Gasteiger partial charge in [-0.1, -0.05) is 18.2 Å². The molecule has 0 aliphatic heterocycles. The molecule has 0 unspecified atom stereocenters. The fourth-order valence-corrected chi connectivity index (χ4v) is 1.90. The second kappa shape index (κ2) is 5.27. The molecule has 0 fully saturated rings. The third-order valence-electron chi connectivity index (χ3n) is 1.74. The summed E-state index contributed by atoms with van der Waals surface area (Å²) in [5, 5.41) is 17.8. The van der Waals surface area contributed by atoms with Crippen LogP contribution < -0.4 is 0 Å². The van der Waals surface area contributed by atoms with E-state index in [9.17, 15) is 0 Å². The van der Waals surface area contributed by atoms with Gasteiger partial charge in [-0.3, -0.25) is 0 Å². The zero-order valence-electron chi connectivity index (χ0n) is 7.60. The Bertz CT molecular complexity index is 263. The highest BCUT2D eigenvalue weighted by Crippen LogP contribution is 2.22. The van der Waals surface area contributed by atoms with Gasteiger partial charge in [0.1, 0.15) is 0 Å². The Balaban J connectivity index is 2.50. The van der Waals surface area contributed by atoms with E-state index in [4.69, 9.17) is 10.2 Å². The maximum absolute atomic E-state index is 9.14. The molecule has 0 radical (unpaired) electrons. The first-order valence-electron chi connectivity index (χ1n) is 4.21. The fourth-order valence-electron chi connectivity index (χ4n) is 0.957. The summed E-state index contributed by atoms with van der Waals surface area (Å²) >= 11 is 1.57. The normalized spacial score (nSPS) is 12.8. The maximum atomic E-state index is 9.14. The highest BCUT2D eigenvalue weighted by Gasteiger charge is 2.03. The monoisotopic (exact) mass is 198 g/mol. The van der Waals surface area contributed by atoms with Crippen LogP contribution in [-0.4, -0.2) is 28.7 Å². The maximum Gasteiger partial charge on any atom is 0.0864 e. The molecule has 1 aromatic rings. The van der Waals surface area contributed by atoms with Gasteiger partial charge in [0.05, 0.1) is 12.7 Å². The predicted octanol–water partition coefficient (Wildman–Crippen LogP) is 1.44. The summed E-state index contributed by atoms with van der Waals surface area (Å²) < 4.78 is 0. The van der Waals surface area contributed by atoms with Crippen LogP contribution in [0.5, 0.6) is 0 Å². The lowest BCUT2D eigenvalue weighted by Gasteiger charge is -2.08. The van der Waals surface area contributed by atoms with E-state index in [1.165, 1.54) is 5.56 Å². The molecule has 1 atom stereocenters. The van der Waals surface area contributed by atoms with Gasteiger partial charge in [0, 0.05) is 10.6 Å². The summed E-state index contributed by atoms with van der Waals surface area (Å²) in [6, 6.07) is 8.01. The molecular weight excluding hydrogens is 184 g/mol. The zero-order valence-corrected chi connectivity index (χ0v) is 8.42. The average Bonchev–Trinajstić information content (AvgIpc) is 2.16. The minimum atomic E-state index is -0.621. The third kappa shape index (κ3) is 3.38. The summed E-state index contributed by atoms with van der Waals surface area (Å²) in [7, 11) is 0. The summed E-state index contributed by atoms with van der Waals surface area (Å²) in [5.74, 6) is 0.543. The molecule has 0 aromatic heterocycles. The van der Waals surface area contributed by atoms with E-state index in [1.807, 2.05) is 31.2 Å². The molecule has 3 heteroatoms. The van der Waals surface area contributed by atoms with Crippen molar-refractivity contribution in [3.8, 4) is 0 Å². The highest BCUT2D eigenvalue weighted by atomic mass is 32.2. The van der Waals surface area contributed by atoms with Crippen LogP contribution in [0, 0.1) is 6.92 Å². The largest absolute Gasteiger partial charge is 0.394 e. The fraction of sp³-hybridized carbons (Fsp3) is 0.400. The quantitative estimate of drug-likeness (QED) is 0.719. The summed E-state index contributed by atoms with van der Waals surface area (Å²) in [5.41, 5.74) is 1.21. The molecule has 1 rings (SSSR count). The van der Waals surface area contributed by atoms with Gasteiger partial charge >= 0.3 is 0 Å². The highest BCUT2D eigenvalue weighted by molar-refractivity contribution is 7.99. The van der Waals surface area contributed by atoms with Crippen molar-refractivity contribution in [2.24, 2.45) is 0 Å². The zero-order chi connectivity index (χ0) is 9.68. The van der Waals surface area contributed by atoms with Gasteiger partial charge in [0.15, 0.2) is 0 Å². The number of hydrogen-bond donors (Lipinski definition) is 2. The molecule has 13 heavy (non-hydrogen) atoms. The number of thioether (sulfide) groups is 1. The van der Waals surface area contributed by atoms with Crippen LogP contribution in [0.1, 0.15) is 5.56 Å². The van der Waals surface area contributed by atoms with Crippen LogP contribution in [0.2, 0.25) is 0 Å². The summed E-state index contributed by atoms with van der Waals surface area (Å²) in [6.45, 7) is 1.87. The van der Waals surface area contributed by atoms with Gasteiger partial charge in [-0.15, -0.1) is 11.8 Å². The predicted molar refractivity (Wildman–Crippen MR) is 55.0 cm³/mol. The van der Waals surface area contributed by atoms with E-state index in [1.54, 1.807) is 11.8 Å². The van der Waals surface area contributed by atoms with E-state index in [-0.39, 0.29) is 6.61 Å². The van der Waals surface area contributed by atoms with Crippen LogP contribution in [0.25, 0.3) is 0 Å². The van der Waals surface area contributed by atoms with Crippen LogP contribution >= 0.6 is 11.8 Å². The van der Waals surface area contributed by atoms with Crippen molar-refractivity contribution in [1.82, 2.24) is 0 Å². The minimum Gasteiger partial charge on any atom is -0.394 e. The van der Waals surface area contributed by atoms with Crippen molar-refractivity contribution >= 4 is 11.8 Å². The first-order valence-corrected chi connectivity index (χ1v) is 5.20. The topological polar surface area (TPSA) is 40.5 Å². The molecule has 1 aromatic carbocycles. The molecule has 0 heterocycles. The molecule has 0 saturated carbocycles. The number of rotatable bonds is 4. The molecule has 0 saturated heterocycles. The number of aryl methyl sites for hydroxylation is 1. The van der Waals surface area contributed by atoms with Gasteiger partial charge in [0.25, 0.3) is 0 Å². The molecule has 0 aliphatic carbocycles. The van der Waals surface area contributed by atoms with Crippen LogP contribution in [-0.2, 0) is 0 Å². The second-order valence-corrected chi connectivity index (χ2v) is 3.97. The lowest BCUT2D eigenvalue weighted by molar-refractivity contribution is 0.113. The van der Waals surface area contributed by atoms with E-state index in [2.05, 4.69) is 0 Å². The number of aliphatic hydroxyl groups excluding tert-OH is 2. The van der Waals surface area contributed by atoms with Crippen molar-refractivity contribution in [3.05, 3.63) is 29.8 Å². The molecule has 0 bridgehead atoms. The second-order valence-electron chi connectivity index (χ2n) is 2.91. The molecule has 72 valence electrons. The van der Waals surface area contributed by atoms with Gasteiger partial charge in [-0.2, -0.15) is 0 Å². The lowest BCUT2D eigenvalue weighted by atomic mass is 10.2. The first kappa shape index (κ1) is 10.6. The Hall–Kier alpha value is -0.510. The SMILES string of the molecule is Cc1ccccc1SC[C@@H](O)CO. The molecule has 0 spiro atoms. The lowest BCUT2D eigenvalue weighted by Crippen LogP contribution is -2.14. The standard InChI is InChI=1S/C10H14O2S/c1-8-4-2-3-5-10(8)13-7-9(12)6-11/h2-5,9,11-12H,6-7H2,1H3/t9-/m0/s1. The van der Waals surface area contributed by atoms with Crippen molar-refractivity contribution in [3.63, 3.8) is 0 Å². The van der Waals surface area contributed by atoms with E-state index >= 15 is 0 Å². The van der Waals surface area contributed by atoms with E-state index in [0.29, 0.717) is 5.75 Å². The van der Waals surface area contributed by atoms with Crippen molar-refractivity contribution < 1.29 is 10.2 Å². The summed E-state index contributed by atoms with van der Waals surface area (Å²) in [4.78, 5) is 1.16. The van der Waals surface area contributed by atoms with Gasteiger partial charge < -0.3 is 10.2 Å². The first-order chi connectivity index (χ1) is 6.24. The molecule has 2 nitrogen and oxygen atoms in total. The Kier molecular flexibility index (Phi) is 4.28. The van der Waals surface area contributed by atoms with Gasteiger partial charge in [-0.25, -0.2) is 0 Å². The Morgan fingerprint density at radius 1 is 1.38 bits per heavy atom. The van der Waals surface area contributed by atoms with E-state index < -0.39 is 6.10 Å². The number of benzene rings is 1. The van der Waals surface area contributed by atoms with Gasteiger partial charge in [-0.05, 0) is 18.6 Å². The van der Waals surface area contributed by atoms with Crippen LogP contribution in [0.15, 0.2) is 29.2 Å². The molecular formula is C10H14O2S. The smallest absolute Gasteiger partial charge is 0.0864 e. The van der Waals surface area contributed by atoms with Gasteiger partial charge in [0.2, 0.25) is 0 Å². The third-order valence-corrected chi connectivity index (χ3v) is 3.06. The number of aliphatic hydroxyl groups is 2. The van der Waals surface area contributed by atoms with Crippen LogP contribution in [0.3, 0.4) is 0 Å². The van der Waals surface area contributed by atoms with Crippen molar-refractivity contribution in [2.75, 3.05) is 12.4 Å². The van der Waals surface area contributed by atoms with Crippen molar-refractivity contribution in [1.29, 1.82) is 0 Å². The molecule has 0 amide bonds.